The molecule has 0 unspecified atom stereocenters. The highest BCUT2D eigenvalue weighted by atomic mass is 15.1. The monoisotopic (exact) mass is 725 g/mol. The second kappa shape index (κ2) is 11.3. The van der Waals surface area contributed by atoms with E-state index in [4.69, 9.17) is 0 Å². The first-order valence-electron chi connectivity index (χ1n) is 19.9. The average Bonchev–Trinajstić information content (AvgIpc) is 3.99. The lowest BCUT2D eigenvalue weighted by atomic mass is 9.67. The predicted octanol–water partition coefficient (Wildman–Crippen LogP) is 12.7. The Balaban J connectivity index is 0.953. The standard InChI is InChI=1S/C54H35N3/c1-7-19-44-38(13-1)39-14-2-8-20-45(39)54(44)46-21-9-3-17-42(46)53-52(54)51-43-18-6-12-24-49(43)57(50(51)33-55-53)37-31-27-35(28-32-37)34-25-29-36(30-26-34)56-47-22-10-4-15-40(47)41-16-5-11-23-48(41)56/h1-32,55H,33H2. The Bertz CT molecular complexity index is 3240. The molecule has 8 aromatic carbocycles. The highest BCUT2D eigenvalue weighted by molar-refractivity contribution is 6.15. The molecule has 2 aromatic heterocycles. The number of nitrogens with one attached hydrogen (secondary N) is 1. The fraction of sp³-hybridized carbons (Fsp3) is 0.0370. The van der Waals surface area contributed by atoms with Gasteiger partial charge in [-0.25, -0.2) is 0 Å². The maximum Gasteiger partial charge on any atom is 0.0747 e. The number of rotatable bonds is 3. The molecular formula is C54H35N3. The summed E-state index contributed by atoms with van der Waals surface area (Å²) in [5.41, 5.74) is 21.3. The van der Waals surface area contributed by atoms with E-state index in [1.807, 2.05) is 0 Å². The topological polar surface area (TPSA) is 21.9 Å². The van der Waals surface area contributed by atoms with Crippen LogP contribution in [0, 0.1) is 0 Å². The van der Waals surface area contributed by atoms with Crippen molar-refractivity contribution in [3.8, 4) is 33.6 Å². The van der Waals surface area contributed by atoms with Gasteiger partial charge in [-0.3, -0.25) is 0 Å². The van der Waals surface area contributed by atoms with Crippen molar-refractivity contribution in [3.05, 3.63) is 228 Å². The summed E-state index contributed by atoms with van der Waals surface area (Å²) in [6, 6.07) is 71.8. The SMILES string of the molecule is c1ccc2c(c1)C1=C(c3c(n(-c4ccc(-c5ccc(-n6c7ccccc7c7ccccc76)cc5)cc4)c4ccccc34)CN1)C21c2ccccc2-c2ccccc21. The number of fused-ring (bicyclic) bond motifs is 16. The van der Waals surface area contributed by atoms with Gasteiger partial charge < -0.3 is 14.5 Å². The van der Waals surface area contributed by atoms with Crippen LogP contribution in [0.15, 0.2) is 194 Å². The molecule has 1 N–H and O–H groups in total. The Morgan fingerprint density at radius 2 is 0.807 bits per heavy atom. The van der Waals surface area contributed by atoms with Crippen molar-refractivity contribution in [2.45, 2.75) is 12.0 Å². The number of hydrogen-bond acceptors (Lipinski definition) is 1. The Morgan fingerprint density at radius 3 is 1.37 bits per heavy atom. The summed E-state index contributed by atoms with van der Waals surface area (Å²) in [4.78, 5) is 0. The van der Waals surface area contributed by atoms with Gasteiger partial charge in [0, 0.05) is 49.9 Å². The smallest absolute Gasteiger partial charge is 0.0747 e. The molecule has 3 aliphatic rings. The molecule has 0 saturated heterocycles. The first-order valence-corrected chi connectivity index (χ1v) is 19.9. The minimum atomic E-state index is -0.425. The first-order chi connectivity index (χ1) is 28.3. The Kier molecular flexibility index (Phi) is 6.15. The molecule has 0 saturated carbocycles. The summed E-state index contributed by atoms with van der Waals surface area (Å²) in [5.74, 6) is 0. The summed E-state index contributed by atoms with van der Waals surface area (Å²) in [6.45, 7) is 0.739. The molecule has 0 bridgehead atoms. The van der Waals surface area contributed by atoms with E-state index in [0.717, 1.165) is 6.54 Å². The quantitative estimate of drug-likeness (QED) is 0.192. The largest absolute Gasteiger partial charge is 0.379 e. The second-order valence-electron chi connectivity index (χ2n) is 15.6. The molecule has 0 radical (unpaired) electrons. The highest BCUT2D eigenvalue weighted by Crippen LogP contribution is 2.65. The van der Waals surface area contributed by atoms with Crippen molar-refractivity contribution in [1.82, 2.24) is 14.5 Å². The zero-order valence-corrected chi connectivity index (χ0v) is 31.1. The summed E-state index contributed by atoms with van der Waals surface area (Å²) in [7, 11) is 0. The molecule has 0 fully saturated rings. The minimum absolute atomic E-state index is 0.425. The van der Waals surface area contributed by atoms with Crippen LogP contribution in [0.25, 0.3) is 77.6 Å². The second-order valence-corrected chi connectivity index (χ2v) is 15.6. The summed E-state index contributed by atoms with van der Waals surface area (Å²) in [5, 5.41) is 7.86. The summed E-state index contributed by atoms with van der Waals surface area (Å²) < 4.78 is 4.88. The van der Waals surface area contributed by atoms with Gasteiger partial charge >= 0.3 is 0 Å². The third-order valence-electron chi connectivity index (χ3n) is 13.0. The van der Waals surface area contributed by atoms with Crippen LogP contribution < -0.4 is 5.32 Å². The number of nitrogens with zero attached hydrogens (tertiary/aromatic N) is 2. The lowest BCUT2D eigenvalue weighted by molar-refractivity contribution is 0.794. The molecule has 0 amide bonds. The predicted molar refractivity (Wildman–Crippen MR) is 235 cm³/mol. The van der Waals surface area contributed by atoms with Crippen molar-refractivity contribution in [2.75, 3.05) is 0 Å². The van der Waals surface area contributed by atoms with Crippen molar-refractivity contribution in [3.63, 3.8) is 0 Å². The number of benzene rings is 8. The zero-order valence-electron chi connectivity index (χ0n) is 31.1. The fourth-order valence-corrected chi connectivity index (χ4v) is 10.8. The van der Waals surface area contributed by atoms with Crippen LogP contribution in [-0.2, 0) is 12.0 Å². The molecule has 0 atom stereocenters. The van der Waals surface area contributed by atoms with E-state index >= 15 is 0 Å². The van der Waals surface area contributed by atoms with Gasteiger partial charge in [-0.05, 0) is 81.4 Å². The number of allylic oxidation sites excluding steroid dienone is 1. The third kappa shape index (κ3) is 3.95. The van der Waals surface area contributed by atoms with Gasteiger partial charge in [0.05, 0.1) is 34.2 Å². The van der Waals surface area contributed by atoms with Crippen LogP contribution in [0.3, 0.4) is 0 Å². The maximum absolute atomic E-state index is 4.01. The molecule has 1 spiro atoms. The van der Waals surface area contributed by atoms with Crippen LogP contribution in [0.1, 0.15) is 33.5 Å². The zero-order chi connectivity index (χ0) is 37.2. The molecule has 266 valence electrons. The van der Waals surface area contributed by atoms with Crippen LogP contribution in [0.4, 0.5) is 0 Å². The van der Waals surface area contributed by atoms with E-state index in [-0.39, 0.29) is 0 Å². The van der Waals surface area contributed by atoms with Gasteiger partial charge in [0.25, 0.3) is 0 Å². The lowest BCUT2D eigenvalue weighted by Crippen LogP contribution is -2.29. The van der Waals surface area contributed by atoms with Gasteiger partial charge in [0.15, 0.2) is 0 Å². The van der Waals surface area contributed by atoms with E-state index in [9.17, 15) is 0 Å². The van der Waals surface area contributed by atoms with Gasteiger partial charge in [0.1, 0.15) is 0 Å². The van der Waals surface area contributed by atoms with Crippen LogP contribution >= 0.6 is 0 Å². The molecule has 2 aliphatic carbocycles. The molecule has 10 aromatic rings. The van der Waals surface area contributed by atoms with Crippen LogP contribution in [0.5, 0.6) is 0 Å². The summed E-state index contributed by atoms with van der Waals surface area (Å²) >= 11 is 0. The lowest BCUT2D eigenvalue weighted by Gasteiger charge is -2.34. The first kappa shape index (κ1) is 30.9. The minimum Gasteiger partial charge on any atom is -0.379 e. The van der Waals surface area contributed by atoms with E-state index in [2.05, 4.69) is 209 Å². The van der Waals surface area contributed by atoms with Crippen molar-refractivity contribution >= 4 is 44.0 Å². The maximum atomic E-state index is 4.01. The van der Waals surface area contributed by atoms with Crippen molar-refractivity contribution < 1.29 is 0 Å². The fourth-order valence-electron chi connectivity index (χ4n) is 10.8. The normalized spacial score (nSPS) is 14.5. The highest BCUT2D eigenvalue weighted by Gasteiger charge is 2.55. The molecule has 1 aliphatic heterocycles. The van der Waals surface area contributed by atoms with Crippen LogP contribution in [-0.4, -0.2) is 9.13 Å². The average molecular weight is 726 g/mol. The number of hydrogen-bond donors (Lipinski definition) is 1. The van der Waals surface area contributed by atoms with E-state index in [1.165, 1.54) is 111 Å². The molecule has 3 heterocycles. The van der Waals surface area contributed by atoms with Gasteiger partial charge in [-0.1, -0.05) is 152 Å². The van der Waals surface area contributed by atoms with Gasteiger partial charge in [0.2, 0.25) is 0 Å². The van der Waals surface area contributed by atoms with Crippen molar-refractivity contribution in [1.29, 1.82) is 0 Å². The third-order valence-corrected chi connectivity index (χ3v) is 13.0. The van der Waals surface area contributed by atoms with E-state index in [0.29, 0.717) is 0 Å². The van der Waals surface area contributed by atoms with Gasteiger partial charge in [-0.15, -0.1) is 0 Å². The van der Waals surface area contributed by atoms with E-state index in [1.54, 1.807) is 0 Å². The number of para-hydroxylation sites is 3. The number of aromatic nitrogens is 2. The van der Waals surface area contributed by atoms with Crippen molar-refractivity contribution in [2.24, 2.45) is 0 Å². The molecule has 3 heteroatoms. The molecule has 57 heavy (non-hydrogen) atoms. The van der Waals surface area contributed by atoms with E-state index < -0.39 is 5.41 Å². The van der Waals surface area contributed by atoms with Gasteiger partial charge in [-0.2, -0.15) is 0 Å². The molecule has 13 rings (SSSR count). The Labute approximate surface area is 330 Å². The Hall–Kier alpha value is -7.36. The van der Waals surface area contributed by atoms with Crippen LogP contribution in [0.2, 0.25) is 0 Å². The molecular weight excluding hydrogens is 691 g/mol. The Morgan fingerprint density at radius 1 is 0.386 bits per heavy atom. The molecule has 3 nitrogen and oxygen atoms in total. The summed E-state index contributed by atoms with van der Waals surface area (Å²) in [6.07, 6.45) is 0.